The Bertz CT molecular complexity index is 195. The van der Waals surface area contributed by atoms with Gasteiger partial charge in [-0.3, -0.25) is 0 Å². The Hall–Kier alpha value is -0.120. The van der Waals surface area contributed by atoms with Crippen molar-refractivity contribution in [3.63, 3.8) is 0 Å². The first-order valence-corrected chi connectivity index (χ1v) is 7.69. The van der Waals surface area contributed by atoms with E-state index in [2.05, 4.69) is 26.1 Å². The van der Waals surface area contributed by atoms with Gasteiger partial charge in [0, 0.05) is 19.3 Å². The van der Waals surface area contributed by atoms with Gasteiger partial charge in [-0.1, -0.05) is 13.3 Å². The van der Waals surface area contributed by atoms with Gasteiger partial charge in [0.25, 0.3) is 0 Å². The third-order valence-corrected chi connectivity index (χ3v) is 3.43. The Morgan fingerprint density at radius 3 is 2.89 bits per heavy atom. The van der Waals surface area contributed by atoms with Crippen LogP contribution >= 0.6 is 0 Å². The molecule has 0 aromatic rings. The fraction of sp³-hybridized carbons (Fsp3) is 1.00. The number of rotatable bonds is 9. The summed E-state index contributed by atoms with van der Waals surface area (Å²) in [6, 6.07) is 0.668. The van der Waals surface area contributed by atoms with Crippen LogP contribution in [0.4, 0.5) is 0 Å². The van der Waals surface area contributed by atoms with Gasteiger partial charge in [0.15, 0.2) is 0 Å². The van der Waals surface area contributed by atoms with E-state index in [0.29, 0.717) is 18.2 Å². The number of nitrogens with one attached hydrogen (secondary N) is 1. The summed E-state index contributed by atoms with van der Waals surface area (Å²) in [7, 11) is 0. The van der Waals surface area contributed by atoms with Gasteiger partial charge < -0.3 is 14.8 Å². The average molecular weight is 257 g/mol. The maximum atomic E-state index is 5.76. The van der Waals surface area contributed by atoms with Crippen LogP contribution in [-0.2, 0) is 9.47 Å². The van der Waals surface area contributed by atoms with E-state index in [1.54, 1.807) is 0 Å². The monoisotopic (exact) mass is 257 g/mol. The van der Waals surface area contributed by atoms with Gasteiger partial charge in [0.1, 0.15) is 0 Å². The normalized spacial score (nSPS) is 24.7. The van der Waals surface area contributed by atoms with Crippen LogP contribution < -0.4 is 5.32 Å². The Kier molecular flexibility index (Phi) is 8.64. The van der Waals surface area contributed by atoms with Gasteiger partial charge in [-0.2, -0.15) is 0 Å². The molecule has 0 aromatic carbocycles. The lowest BCUT2D eigenvalue weighted by molar-refractivity contribution is -0.00327. The molecule has 1 rings (SSSR count). The Morgan fingerprint density at radius 1 is 1.33 bits per heavy atom. The van der Waals surface area contributed by atoms with Crippen LogP contribution in [0, 0.1) is 0 Å². The molecule has 2 atom stereocenters. The van der Waals surface area contributed by atoms with E-state index in [9.17, 15) is 0 Å². The fourth-order valence-electron chi connectivity index (χ4n) is 2.44. The first kappa shape index (κ1) is 15.9. The van der Waals surface area contributed by atoms with Gasteiger partial charge >= 0.3 is 0 Å². The van der Waals surface area contributed by atoms with Gasteiger partial charge in [-0.15, -0.1) is 0 Å². The van der Waals surface area contributed by atoms with Crippen molar-refractivity contribution < 1.29 is 9.47 Å². The molecule has 1 aliphatic heterocycles. The van der Waals surface area contributed by atoms with Crippen molar-refractivity contribution >= 4 is 0 Å². The maximum absolute atomic E-state index is 5.76. The molecule has 1 N–H and O–H groups in total. The summed E-state index contributed by atoms with van der Waals surface area (Å²) in [6.45, 7) is 9.35. The third kappa shape index (κ3) is 7.34. The van der Waals surface area contributed by atoms with Crippen molar-refractivity contribution in [1.82, 2.24) is 5.32 Å². The molecule has 1 saturated heterocycles. The average Bonchev–Trinajstić information content (AvgIpc) is 2.34. The highest BCUT2D eigenvalue weighted by Gasteiger charge is 2.20. The molecular weight excluding hydrogens is 226 g/mol. The largest absolute Gasteiger partial charge is 0.379 e. The predicted octanol–water partition coefficient (Wildman–Crippen LogP) is 3.13. The van der Waals surface area contributed by atoms with Gasteiger partial charge in [-0.25, -0.2) is 0 Å². The van der Waals surface area contributed by atoms with Crippen LogP contribution in [0.3, 0.4) is 0 Å². The molecule has 2 unspecified atom stereocenters. The van der Waals surface area contributed by atoms with Gasteiger partial charge in [0.05, 0.1) is 12.2 Å². The number of ether oxygens (including phenoxy) is 2. The Morgan fingerprint density at radius 2 is 2.17 bits per heavy atom. The number of unbranched alkanes of at least 4 members (excludes halogenated alkanes) is 1. The molecule has 0 amide bonds. The topological polar surface area (TPSA) is 30.5 Å². The van der Waals surface area contributed by atoms with Crippen LogP contribution in [0.2, 0.25) is 0 Å². The fourth-order valence-corrected chi connectivity index (χ4v) is 2.44. The van der Waals surface area contributed by atoms with Crippen LogP contribution in [0.5, 0.6) is 0 Å². The standard InChI is InChI=1S/C15H31NO2/c1-4-7-15-12-14(8-11-18-15)16-9-5-6-10-17-13(2)3/h13-16H,4-12H2,1-3H3. The number of hydrogen-bond acceptors (Lipinski definition) is 3. The van der Waals surface area contributed by atoms with Crippen LogP contribution in [0.1, 0.15) is 59.3 Å². The minimum absolute atomic E-state index is 0.364. The van der Waals surface area contributed by atoms with Crippen LogP contribution in [0.15, 0.2) is 0 Å². The molecule has 0 aromatic heterocycles. The second-order valence-corrected chi connectivity index (χ2v) is 5.58. The molecule has 0 aliphatic carbocycles. The molecule has 3 nitrogen and oxygen atoms in total. The van der Waals surface area contributed by atoms with Gasteiger partial charge in [0.2, 0.25) is 0 Å². The van der Waals surface area contributed by atoms with E-state index in [1.807, 2.05) is 0 Å². The summed E-state index contributed by atoms with van der Waals surface area (Å²) in [6.07, 6.45) is 8.02. The third-order valence-electron chi connectivity index (χ3n) is 3.43. The van der Waals surface area contributed by atoms with Gasteiger partial charge in [-0.05, 0) is 52.5 Å². The van der Waals surface area contributed by atoms with Crippen molar-refractivity contribution in [3.8, 4) is 0 Å². The maximum Gasteiger partial charge on any atom is 0.0589 e. The predicted molar refractivity (Wildman–Crippen MR) is 76.0 cm³/mol. The molecule has 108 valence electrons. The van der Waals surface area contributed by atoms with E-state index < -0.39 is 0 Å². The van der Waals surface area contributed by atoms with Crippen molar-refractivity contribution in [2.75, 3.05) is 19.8 Å². The second kappa shape index (κ2) is 9.76. The Balaban J connectivity index is 1.98. The quantitative estimate of drug-likeness (QED) is 0.644. The molecule has 1 fully saturated rings. The zero-order chi connectivity index (χ0) is 13.2. The molecule has 1 aliphatic rings. The van der Waals surface area contributed by atoms with Crippen LogP contribution in [-0.4, -0.2) is 38.0 Å². The summed E-state index contributed by atoms with van der Waals surface area (Å²) in [5, 5.41) is 3.66. The highest BCUT2D eigenvalue weighted by Crippen LogP contribution is 2.17. The molecule has 0 spiro atoms. The zero-order valence-corrected chi connectivity index (χ0v) is 12.4. The molecule has 0 saturated carbocycles. The first-order chi connectivity index (χ1) is 8.72. The zero-order valence-electron chi connectivity index (χ0n) is 12.4. The minimum atomic E-state index is 0.364. The molecule has 0 bridgehead atoms. The summed E-state index contributed by atoms with van der Waals surface area (Å²) in [4.78, 5) is 0. The van der Waals surface area contributed by atoms with E-state index in [0.717, 1.165) is 26.2 Å². The van der Waals surface area contributed by atoms with Crippen molar-refractivity contribution in [2.24, 2.45) is 0 Å². The molecular formula is C15H31NO2. The van der Waals surface area contributed by atoms with Crippen molar-refractivity contribution in [1.29, 1.82) is 0 Å². The molecule has 3 heteroatoms. The van der Waals surface area contributed by atoms with E-state index in [1.165, 1.54) is 32.1 Å². The lowest BCUT2D eigenvalue weighted by Crippen LogP contribution is -2.39. The Labute approximate surface area is 113 Å². The second-order valence-electron chi connectivity index (χ2n) is 5.58. The van der Waals surface area contributed by atoms with Crippen LogP contribution in [0.25, 0.3) is 0 Å². The van der Waals surface area contributed by atoms with Crippen molar-refractivity contribution in [3.05, 3.63) is 0 Å². The lowest BCUT2D eigenvalue weighted by Gasteiger charge is -2.30. The summed E-state index contributed by atoms with van der Waals surface area (Å²) >= 11 is 0. The minimum Gasteiger partial charge on any atom is -0.379 e. The number of hydrogen-bond donors (Lipinski definition) is 1. The van der Waals surface area contributed by atoms with E-state index in [4.69, 9.17) is 9.47 Å². The highest BCUT2D eigenvalue weighted by molar-refractivity contribution is 4.76. The molecule has 1 heterocycles. The summed E-state index contributed by atoms with van der Waals surface area (Å²) in [5.41, 5.74) is 0. The van der Waals surface area contributed by atoms with E-state index in [-0.39, 0.29) is 0 Å². The van der Waals surface area contributed by atoms with Crippen molar-refractivity contribution in [2.45, 2.75) is 77.5 Å². The summed E-state index contributed by atoms with van der Waals surface area (Å²) in [5.74, 6) is 0. The molecule has 18 heavy (non-hydrogen) atoms. The lowest BCUT2D eigenvalue weighted by atomic mass is 10.00. The molecule has 0 radical (unpaired) electrons. The first-order valence-electron chi connectivity index (χ1n) is 7.69. The smallest absolute Gasteiger partial charge is 0.0589 e. The summed E-state index contributed by atoms with van der Waals surface area (Å²) < 4.78 is 11.3. The van der Waals surface area contributed by atoms with E-state index >= 15 is 0 Å². The SMILES string of the molecule is CCCC1CC(NCCCCOC(C)C)CCO1. The highest BCUT2D eigenvalue weighted by atomic mass is 16.5.